The van der Waals surface area contributed by atoms with E-state index in [4.69, 9.17) is 27.2 Å². The second-order valence-electron chi connectivity index (χ2n) is 8.71. The lowest BCUT2D eigenvalue weighted by molar-refractivity contribution is 0.0172. The number of amidine groups is 1. The number of hydrogen-bond donors (Lipinski definition) is 0. The van der Waals surface area contributed by atoms with E-state index in [-0.39, 0.29) is 17.0 Å². The van der Waals surface area contributed by atoms with E-state index in [9.17, 15) is 0 Å². The van der Waals surface area contributed by atoms with E-state index in [1.165, 1.54) is 0 Å². The molecule has 1 aromatic rings. The highest BCUT2D eigenvalue weighted by Crippen LogP contribution is 2.41. The number of nitrogens with zero attached hydrogens (tertiary/aromatic N) is 4. The van der Waals surface area contributed by atoms with Gasteiger partial charge in [0, 0.05) is 24.2 Å². The fourth-order valence-electron chi connectivity index (χ4n) is 3.80. The zero-order chi connectivity index (χ0) is 19.8. The van der Waals surface area contributed by atoms with Gasteiger partial charge < -0.3 is 4.74 Å². The van der Waals surface area contributed by atoms with E-state index >= 15 is 0 Å². The Morgan fingerprint density at radius 1 is 1.19 bits per heavy atom. The number of benzene rings is 1. The summed E-state index contributed by atoms with van der Waals surface area (Å²) in [6.07, 6.45) is 0. The number of thiocarbonyl (C=S) groups is 1. The zero-order valence-corrected chi connectivity index (χ0v) is 17.6. The highest BCUT2D eigenvalue weighted by atomic mass is 32.1. The highest BCUT2D eigenvalue weighted by molar-refractivity contribution is 7.80. The third-order valence-electron chi connectivity index (χ3n) is 5.03. The summed E-state index contributed by atoms with van der Waals surface area (Å²) in [5, 5.41) is 9.11. The van der Waals surface area contributed by atoms with Crippen molar-refractivity contribution in [1.82, 2.24) is 4.90 Å². The smallest absolute Gasteiger partial charge is 0.127 e. The van der Waals surface area contributed by atoms with Crippen molar-refractivity contribution in [3.63, 3.8) is 0 Å². The number of nitriles is 1. The fraction of sp³-hybridized carbons (Fsp3) is 0.571. The van der Waals surface area contributed by atoms with Crippen LogP contribution in [0.25, 0.3) is 0 Å². The Kier molecular flexibility index (Phi) is 5.40. The molecular weight excluding hydrogens is 356 g/mol. The molecule has 0 aromatic heterocycles. The molecule has 0 N–H and O–H groups in total. The first-order valence-corrected chi connectivity index (χ1v) is 9.82. The molecule has 2 aliphatic heterocycles. The Hall–Kier alpha value is -1.81. The average molecular weight is 385 g/mol. The van der Waals surface area contributed by atoms with E-state index in [2.05, 4.69) is 50.5 Å². The van der Waals surface area contributed by atoms with Crippen molar-refractivity contribution in [2.24, 2.45) is 10.4 Å². The van der Waals surface area contributed by atoms with Gasteiger partial charge in [-0.15, -0.1) is 0 Å². The first-order chi connectivity index (χ1) is 12.6. The minimum absolute atomic E-state index is 0.101. The molecule has 0 spiro atoms. The second-order valence-corrected chi connectivity index (χ2v) is 9.10. The Bertz CT molecular complexity index is 780. The summed E-state index contributed by atoms with van der Waals surface area (Å²) in [5.41, 5.74) is 1.15. The van der Waals surface area contributed by atoms with Gasteiger partial charge >= 0.3 is 0 Å². The number of morpholine rings is 1. The summed E-state index contributed by atoms with van der Waals surface area (Å²) in [5.74, 6) is 0.990. The summed E-state index contributed by atoms with van der Waals surface area (Å²) in [4.78, 5) is 10.5. The van der Waals surface area contributed by atoms with Crippen molar-refractivity contribution in [1.29, 1.82) is 5.26 Å². The maximum absolute atomic E-state index is 9.11. The van der Waals surface area contributed by atoms with Crippen LogP contribution in [0, 0.1) is 16.7 Å². The van der Waals surface area contributed by atoms with Crippen molar-refractivity contribution >= 4 is 28.7 Å². The number of hydrogen-bond acceptors (Lipinski definition) is 5. The molecule has 2 aliphatic rings. The molecule has 3 rings (SSSR count). The van der Waals surface area contributed by atoms with Crippen LogP contribution in [0.15, 0.2) is 29.3 Å². The van der Waals surface area contributed by atoms with E-state index in [1.807, 2.05) is 24.3 Å². The van der Waals surface area contributed by atoms with Crippen LogP contribution in [-0.4, -0.2) is 53.6 Å². The van der Waals surface area contributed by atoms with Gasteiger partial charge in [-0.25, -0.2) is 0 Å². The van der Waals surface area contributed by atoms with Crippen molar-refractivity contribution in [2.75, 3.05) is 31.2 Å². The van der Waals surface area contributed by atoms with E-state index < -0.39 is 0 Å². The van der Waals surface area contributed by atoms with Gasteiger partial charge in [-0.3, -0.25) is 14.8 Å². The quantitative estimate of drug-likeness (QED) is 0.729. The number of anilines is 1. The summed E-state index contributed by atoms with van der Waals surface area (Å²) in [6, 6.07) is 9.87. The molecule has 2 saturated heterocycles. The van der Waals surface area contributed by atoms with E-state index in [0.717, 1.165) is 42.8 Å². The molecule has 0 radical (unpaired) electrons. The maximum atomic E-state index is 9.11. The Morgan fingerprint density at radius 3 is 2.30 bits per heavy atom. The molecule has 1 aromatic carbocycles. The first kappa shape index (κ1) is 19.9. The summed E-state index contributed by atoms with van der Waals surface area (Å²) < 4.78 is 5.57. The van der Waals surface area contributed by atoms with Crippen molar-refractivity contribution in [3.8, 4) is 6.07 Å². The van der Waals surface area contributed by atoms with Crippen molar-refractivity contribution in [3.05, 3.63) is 29.8 Å². The van der Waals surface area contributed by atoms with Gasteiger partial charge in [-0.2, -0.15) is 5.26 Å². The number of rotatable bonds is 2. The topological polar surface area (TPSA) is 51.9 Å². The molecule has 5 nitrogen and oxygen atoms in total. The van der Waals surface area contributed by atoms with Crippen molar-refractivity contribution < 1.29 is 4.74 Å². The SMILES string of the molecule is CC(C)(C)N=C1[C@H](N2CCOCC2)C(C)(C)C(=S)N1c1ccc(C#N)cc1. The average Bonchev–Trinajstić information content (AvgIpc) is 2.80. The molecule has 0 unspecified atom stereocenters. The molecule has 144 valence electrons. The summed E-state index contributed by atoms with van der Waals surface area (Å²) >= 11 is 5.95. The van der Waals surface area contributed by atoms with Gasteiger partial charge in [0.15, 0.2) is 0 Å². The molecular formula is C21H28N4OS. The standard InChI is InChI=1S/C21H28N4OS/c1-20(2,3)23-18-17(24-10-12-26-13-11-24)21(4,5)19(27)25(18)16-8-6-15(14-22)7-9-16/h6-9,17H,10-13H2,1-5H3/t17-/m0/s1. The molecule has 1 atom stereocenters. The summed E-state index contributed by atoms with van der Waals surface area (Å²) in [6.45, 7) is 14.0. The number of ether oxygens (including phenoxy) is 1. The molecule has 0 saturated carbocycles. The molecule has 0 bridgehead atoms. The molecule has 0 amide bonds. The lowest BCUT2D eigenvalue weighted by Crippen LogP contribution is -2.52. The van der Waals surface area contributed by atoms with Gasteiger partial charge in [0.1, 0.15) is 5.84 Å². The largest absolute Gasteiger partial charge is 0.379 e. The van der Waals surface area contributed by atoms with Crippen LogP contribution in [-0.2, 0) is 4.74 Å². The highest BCUT2D eigenvalue weighted by Gasteiger charge is 2.52. The number of aliphatic imine (C=N–C) groups is 1. The third-order valence-corrected chi connectivity index (χ3v) is 5.74. The second kappa shape index (κ2) is 7.31. The van der Waals surface area contributed by atoms with Crippen LogP contribution in [0.3, 0.4) is 0 Å². The lowest BCUT2D eigenvalue weighted by Gasteiger charge is -2.38. The van der Waals surface area contributed by atoms with Crippen LogP contribution in [0.1, 0.15) is 40.2 Å². The van der Waals surface area contributed by atoms with Crippen LogP contribution in [0.2, 0.25) is 0 Å². The van der Waals surface area contributed by atoms with Crippen LogP contribution in [0.5, 0.6) is 0 Å². The molecule has 2 heterocycles. The van der Waals surface area contributed by atoms with E-state index in [0.29, 0.717) is 5.56 Å². The fourth-order valence-corrected chi connectivity index (χ4v) is 4.11. The molecule has 27 heavy (non-hydrogen) atoms. The van der Waals surface area contributed by atoms with Gasteiger partial charge in [-0.1, -0.05) is 26.1 Å². The monoisotopic (exact) mass is 384 g/mol. The Balaban J connectivity index is 2.11. The van der Waals surface area contributed by atoms with Gasteiger partial charge in [0.05, 0.1) is 41.4 Å². The van der Waals surface area contributed by atoms with E-state index in [1.54, 1.807) is 0 Å². The molecule has 2 fully saturated rings. The van der Waals surface area contributed by atoms with Gasteiger partial charge in [0.2, 0.25) is 0 Å². The summed E-state index contributed by atoms with van der Waals surface area (Å²) in [7, 11) is 0. The van der Waals surface area contributed by atoms with Crippen molar-refractivity contribution in [2.45, 2.75) is 46.2 Å². The van der Waals surface area contributed by atoms with Crippen LogP contribution in [0.4, 0.5) is 5.69 Å². The van der Waals surface area contributed by atoms with Crippen LogP contribution < -0.4 is 4.90 Å². The predicted octanol–water partition coefficient (Wildman–Crippen LogP) is 3.63. The van der Waals surface area contributed by atoms with Crippen LogP contribution >= 0.6 is 12.2 Å². The zero-order valence-electron chi connectivity index (χ0n) is 16.8. The lowest BCUT2D eigenvalue weighted by atomic mass is 9.85. The van der Waals surface area contributed by atoms with Gasteiger partial charge in [0.25, 0.3) is 0 Å². The normalized spacial score (nSPS) is 25.0. The maximum Gasteiger partial charge on any atom is 0.127 e. The van der Waals surface area contributed by atoms with Gasteiger partial charge in [-0.05, 0) is 45.0 Å². The Labute approximate surface area is 167 Å². The Morgan fingerprint density at radius 2 is 1.78 bits per heavy atom. The molecule has 0 aliphatic carbocycles. The first-order valence-electron chi connectivity index (χ1n) is 9.41. The predicted molar refractivity (Wildman–Crippen MR) is 113 cm³/mol. The third kappa shape index (κ3) is 3.91. The minimum Gasteiger partial charge on any atom is -0.379 e. The minimum atomic E-state index is -0.231. The molecule has 6 heteroatoms.